The quantitative estimate of drug-likeness (QED) is 0.559. The Morgan fingerprint density at radius 3 is 2.63 bits per heavy atom. The predicted molar refractivity (Wildman–Crippen MR) is 105 cm³/mol. The summed E-state index contributed by atoms with van der Waals surface area (Å²) in [6, 6.07) is 9.50. The van der Waals surface area contributed by atoms with Gasteiger partial charge in [-0.15, -0.1) is 0 Å². The number of carbonyl (C=O) groups is 2. The molecule has 1 saturated heterocycles. The SMILES string of the molecule is CCC(C)(C)C(O)C(=O)N1CCCCC1C(=O)OCCCc1ccccc1. The zero-order valence-corrected chi connectivity index (χ0v) is 16.8. The fourth-order valence-corrected chi connectivity index (χ4v) is 3.31. The van der Waals surface area contributed by atoms with Gasteiger partial charge in [0.15, 0.2) is 0 Å². The maximum Gasteiger partial charge on any atom is 0.328 e. The molecule has 1 fully saturated rings. The van der Waals surface area contributed by atoms with Crippen molar-refractivity contribution in [2.45, 2.75) is 71.4 Å². The van der Waals surface area contributed by atoms with Gasteiger partial charge in [-0.05, 0) is 49.5 Å². The first-order chi connectivity index (χ1) is 12.9. The van der Waals surface area contributed by atoms with Crippen LogP contribution in [0.25, 0.3) is 0 Å². The minimum absolute atomic E-state index is 0.343. The van der Waals surface area contributed by atoms with Crippen LogP contribution < -0.4 is 0 Å². The molecule has 1 aliphatic rings. The molecular formula is C22H33NO4. The summed E-state index contributed by atoms with van der Waals surface area (Å²) in [6.07, 6.45) is 3.52. The lowest BCUT2D eigenvalue weighted by Gasteiger charge is -2.38. The summed E-state index contributed by atoms with van der Waals surface area (Å²) >= 11 is 0. The molecule has 1 N–H and O–H groups in total. The van der Waals surface area contributed by atoms with E-state index in [0.29, 0.717) is 26.0 Å². The molecule has 0 saturated carbocycles. The van der Waals surface area contributed by atoms with Crippen molar-refractivity contribution in [2.75, 3.05) is 13.2 Å². The van der Waals surface area contributed by atoms with E-state index in [-0.39, 0.29) is 11.9 Å². The molecule has 1 aromatic carbocycles. The Hall–Kier alpha value is -1.88. The third-order valence-corrected chi connectivity index (χ3v) is 5.64. The lowest BCUT2D eigenvalue weighted by atomic mass is 9.82. The topological polar surface area (TPSA) is 66.8 Å². The molecule has 0 spiro atoms. The van der Waals surface area contributed by atoms with Crippen molar-refractivity contribution >= 4 is 11.9 Å². The molecular weight excluding hydrogens is 342 g/mol. The Labute approximate surface area is 162 Å². The number of likely N-dealkylation sites (tertiary alicyclic amines) is 1. The number of esters is 1. The van der Waals surface area contributed by atoms with E-state index in [2.05, 4.69) is 12.1 Å². The molecule has 2 unspecified atom stereocenters. The van der Waals surface area contributed by atoms with E-state index in [1.807, 2.05) is 39.0 Å². The summed E-state index contributed by atoms with van der Waals surface area (Å²) in [7, 11) is 0. The summed E-state index contributed by atoms with van der Waals surface area (Å²) in [5.74, 6) is -0.703. The van der Waals surface area contributed by atoms with Gasteiger partial charge in [0.05, 0.1) is 6.61 Å². The van der Waals surface area contributed by atoms with E-state index in [0.717, 1.165) is 25.7 Å². The summed E-state index contributed by atoms with van der Waals surface area (Å²) in [6.45, 7) is 6.53. The fraction of sp³-hybridized carbons (Fsp3) is 0.636. The number of benzene rings is 1. The van der Waals surface area contributed by atoms with Crippen LogP contribution in [0.2, 0.25) is 0 Å². The van der Waals surface area contributed by atoms with Crippen molar-refractivity contribution in [1.29, 1.82) is 0 Å². The van der Waals surface area contributed by atoms with E-state index in [4.69, 9.17) is 4.74 Å². The number of aryl methyl sites for hydroxylation is 1. The normalized spacial score (nSPS) is 18.8. The smallest absolute Gasteiger partial charge is 0.328 e. The van der Waals surface area contributed by atoms with Crippen molar-refractivity contribution in [2.24, 2.45) is 5.41 Å². The monoisotopic (exact) mass is 375 g/mol. The largest absolute Gasteiger partial charge is 0.464 e. The zero-order valence-electron chi connectivity index (χ0n) is 16.8. The number of rotatable bonds is 8. The lowest BCUT2D eigenvalue weighted by molar-refractivity contribution is -0.163. The number of piperidine rings is 1. The van der Waals surface area contributed by atoms with Crippen molar-refractivity contribution in [3.63, 3.8) is 0 Å². The third-order valence-electron chi connectivity index (χ3n) is 5.64. The van der Waals surface area contributed by atoms with Crippen molar-refractivity contribution < 1.29 is 19.4 Å². The van der Waals surface area contributed by atoms with E-state index < -0.39 is 17.6 Å². The molecule has 5 nitrogen and oxygen atoms in total. The second kappa shape index (κ2) is 9.88. The van der Waals surface area contributed by atoms with Crippen LogP contribution in [-0.2, 0) is 20.7 Å². The van der Waals surface area contributed by atoms with Crippen molar-refractivity contribution in [3.05, 3.63) is 35.9 Å². The number of carbonyl (C=O) groups excluding carboxylic acids is 2. The Morgan fingerprint density at radius 2 is 1.96 bits per heavy atom. The highest BCUT2D eigenvalue weighted by atomic mass is 16.5. The van der Waals surface area contributed by atoms with E-state index in [9.17, 15) is 14.7 Å². The highest BCUT2D eigenvalue weighted by Crippen LogP contribution is 2.28. The number of hydrogen-bond acceptors (Lipinski definition) is 4. The maximum absolute atomic E-state index is 12.8. The number of hydrogen-bond donors (Lipinski definition) is 1. The lowest BCUT2D eigenvalue weighted by Crippen LogP contribution is -2.54. The van der Waals surface area contributed by atoms with Gasteiger partial charge in [0.2, 0.25) is 0 Å². The predicted octanol–water partition coefficient (Wildman–Crippen LogP) is 3.34. The average molecular weight is 376 g/mol. The molecule has 0 bridgehead atoms. The fourth-order valence-electron chi connectivity index (χ4n) is 3.31. The number of aliphatic hydroxyl groups is 1. The minimum atomic E-state index is -1.10. The van der Waals surface area contributed by atoms with Gasteiger partial charge in [0.1, 0.15) is 12.1 Å². The van der Waals surface area contributed by atoms with Gasteiger partial charge in [-0.1, -0.05) is 51.1 Å². The first kappa shape index (κ1) is 21.4. The van der Waals surface area contributed by atoms with Gasteiger partial charge in [0.25, 0.3) is 5.91 Å². The van der Waals surface area contributed by atoms with E-state index >= 15 is 0 Å². The first-order valence-corrected chi connectivity index (χ1v) is 10.1. The maximum atomic E-state index is 12.8. The van der Waals surface area contributed by atoms with Crippen molar-refractivity contribution in [3.8, 4) is 0 Å². The minimum Gasteiger partial charge on any atom is -0.464 e. The van der Waals surface area contributed by atoms with Crippen LogP contribution in [0.1, 0.15) is 58.4 Å². The molecule has 0 aromatic heterocycles. The zero-order chi connectivity index (χ0) is 19.9. The molecule has 1 aliphatic heterocycles. The molecule has 1 amide bonds. The molecule has 2 rings (SSSR count). The van der Waals surface area contributed by atoms with Gasteiger partial charge in [-0.25, -0.2) is 4.79 Å². The molecule has 5 heteroatoms. The summed E-state index contributed by atoms with van der Waals surface area (Å²) < 4.78 is 5.46. The highest BCUT2D eigenvalue weighted by molar-refractivity contribution is 5.87. The third kappa shape index (κ3) is 5.80. The van der Waals surface area contributed by atoms with E-state index in [1.165, 1.54) is 10.5 Å². The van der Waals surface area contributed by atoms with Crippen LogP contribution in [0.15, 0.2) is 30.3 Å². The second-order valence-electron chi connectivity index (χ2n) is 8.04. The standard InChI is InChI=1S/C22H33NO4/c1-4-22(2,3)19(24)20(25)23-15-9-8-14-18(23)21(26)27-16-10-13-17-11-6-5-7-12-17/h5-7,11-12,18-19,24H,4,8-10,13-16H2,1-3H3. The highest BCUT2D eigenvalue weighted by Gasteiger charge is 2.40. The van der Waals surface area contributed by atoms with Gasteiger partial charge in [-0.3, -0.25) is 4.79 Å². The molecule has 0 radical (unpaired) electrons. The average Bonchev–Trinajstić information content (AvgIpc) is 2.70. The van der Waals surface area contributed by atoms with Crippen molar-refractivity contribution in [1.82, 2.24) is 4.90 Å². The molecule has 2 atom stereocenters. The summed E-state index contributed by atoms with van der Waals surface area (Å²) in [5, 5.41) is 10.5. The number of ether oxygens (including phenoxy) is 1. The Kier molecular flexibility index (Phi) is 7.84. The number of amides is 1. The van der Waals surface area contributed by atoms with Gasteiger partial charge < -0.3 is 14.7 Å². The molecule has 0 aliphatic carbocycles. The van der Waals surface area contributed by atoms with Crippen LogP contribution in [0, 0.1) is 5.41 Å². The molecule has 1 heterocycles. The first-order valence-electron chi connectivity index (χ1n) is 10.1. The Morgan fingerprint density at radius 1 is 1.26 bits per heavy atom. The van der Waals surface area contributed by atoms with Crippen LogP contribution in [0.5, 0.6) is 0 Å². The number of aliphatic hydroxyl groups excluding tert-OH is 1. The van der Waals surface area contributed by atoms with Crippen LogP contribution >= 0.6 is 0 Å². The van der Waals surface area contributed by atoms with Crippen LogP contribution in [0.3, 0.4) is 0 Å². The van der Waals surface area contributed by atoms with Crippen LogP contribution in [0.4, 0.5) is 0 Å². The van der Waals surface area contributed by atoms with E-state index in [1.54, 1.807) is 0 Å². The molecule has 27 heavy (non-hydrogen) atoms. The van der Waals surface area contributed by atoms with Gasteiger partial charge >= 0.3 is 5.97 Å². The Bertz CT molecular complexity index is 614. The molecule has 1 aromatic rings. The van der Waals surface area contributed by atoms with Crippen LogP contribution in [-0.4, -0.2) is 47.2 Å². The Balaban J connectivity index is 1.89. The molecule has 150 valence electrons. The van der Waals surface area contributed by atoms with Gasteiger partial charge in [0, 0.05) is 6.54 Å². The summed E-state index contributed by atoms with van der Waals surface area (Å²) in [4.78, 5) is 26.9. The summed E-state index contributed by atoms with van der Waals surface area (Å²) in [5.41, 5.74) is 0.700. The second-order valence-corrected chi connectivity index (χ2v) is 8.04. The van der Waals surface area contributed by atoms with Gasteiger partial charge in [-0.2, -0.15) is 0 Å². The number of nitrogens with zero attached hydrogens (tertiary/aromatic N) is 1.